The van der Waals surface area contributed by atoms with Gasteiger partial charge < -0.3 is 9.64 Å². The molecule has 6 nitrogen and oxygen atoms in total. The standard InChI is InChI=1S/C19H27FN2O4/c1-5-7-14-11-21(18(23)26-19(2,3)4)12-16(22(24)25)17(14)13-8-6-9-15(20)10-13/h6,8-10,14,16-17H,5,7,11-12H2,1-4H3/t14-,16+,17+/m0/s1. The molecule has 144 valence electrons. The minimum Gasteiger partial charge on any atom is -0.444 e. The van der Waals surface area contributed by atoms with Gasteiger partial charge in [-0.2, -0.15) is 0 Å². The lowest BCUT2D eigenvalue weighted by molar-refractivity contribution is -0.531. The summed E-state index contributed by atoms with van der Waals surface area (Å²) in [6.07, 6.45) is 0.997. The Labute approximate surface area is 153 Å². The molecule has 2 rings (SSSR count). The molecule has 1 heterocycles. The predicted octanol–water partition coefficient (Wildman–Crippen LogP) is 4.22. The molecule has 3 atom stereocenters. The fraction of sp³-hybridized carbons (Fsp3) is 0.632. The van der Waals surface area contributed by atoms with E-state index in [1.54, 1.807) is 32.9 Å². The van der Waals surface area contributed by atoms with Crippen LogP contribution in [0.15, 0.2) is 24.3 Å². The van der Waals surface area contributed by atoms with Gasteiger partial charge in [0, 0.05) is 11.5 Å². The van der Waals surface area contributed by atoms with Crippen molar-refractivity contribution in [2.45, 2.75) is 58.1 Å². The number of nitrogens with zero attached hydrogens (tertiary/aromatic N) is 2. The first-order valence-corrected chi connectivity index (χ1v) is 8.99. The maximum Gasteiger partial charge on any atom is 0.410 e. The average molecular weight is 366 g/mol. The lowest BCUT2D eigenvalue weighted by atomic mass is 9.75. The van der Waals surface area contributed by atoms with E-state index < -0.39 is 29.5 Å². The number of nitro groups is 1. The van der Waals surface area contributed by atoms with Gasteiger partial charge in [0.1, 0.15) is 11.4 Å². The summed E-state index contributed by atoms with van der Waals surface area (Å²) in [7, 11) is 0. The third-order valence-electron chi connectivity index (χ3n) is 4.60. The van der Waals surface area contributed by atoms with Crippen molar-refractivity contribution in [2.24, 2.45) is 5.92 Å². The van der Waals surface area contributed by atoms with E-state index in [9.17, 15) is 19.3 Å². The summed E-state index contributed by atoms with van der Waals surface area (Å²) in [5.41, 5.74) is -0.0464. The zero-order valence-corrected chi connectivity index (χ0v) is 15.8. The van der Waals surface area contributed by atoms with Crippen molar-refractivity contribution in [2.75, 3.05) is 13.1 Å². The van der Waals surface area contributed by atoms with Gasteiger partial charge >= 0.3 is 6.09 Å². The van der Waals surface area contributed by atoms with Gasteiger partial charge in [0.2, 0.25) is 6.04 Å². The molecule has 1 aromatic rings. The van der Waals surface area contributed by atoms with E-state index in [-0.39, 0.29) is 17.4 Å². The van der Waals surface area contributed by atoms with Crippen LogP contribution in [0.1, 0.15) is 52.0 Å². The van der Waals surface area contributed by atoms with E-state index in [0.29, 0.717) is 18.5 Å². The van der Waals surface area contributed by atoms with Crippen LogP contribution >= 0.6 is 0 Å². The second-order valence-corrected chi connectivity index (χ2v) is 7.87. The summed E-state index contributed by atoms with van der Waals surface area (Å²) in [6, 6.07) is 5.01. The Morgan fingerprint density at radius 1 is 1.38 bits per heavy atom. The van der Waals surface area contributed by atoms with Crippen LogP contribution in [-0.2, 0) is 4.74 Å². The fourth-order valence-electron chi connectivity index (χ4n) is 3.65. The van der Waals surface area contributed by atoms with Gasteiger partial charge in [-0.1, -0.05) is 25.5 Å². The number of carbonyl (C=O) groups excluding carboxylic acids is 1. The number of rotatable bonds is 4. The van der Waals surface area contributed by atoms with Gasteiger partial charge in [-0.25, -0.2) is 9.18 Å². The Morgan fingerprint density at radius 3 is 2.62 bits per heavy atom. The Hall–Kier alpha value is -2.18. The minimum absolute atomic E-state index is 0.0384. The Morgan fingerprint density at radius 2 is 2.08 bits per heavy atom. The van der Waals surface area contributed by atoms with Crippen molar-refractivity contribution in [3.05, 3.63) is 45.8 Å². The second-order valence-electron chi connectivity index (χ2n) is 7.87. The van der Waals surface area contributed by atoms with Crippen molar-refractivity contribution in [1.29, 1.82) is 0 Å². The zero-order chi connectivity index (χ0) is 19.5. The second kappa shape index (κ2) is 8.01. The van der Waals surface area contributed by atoms with Gasteiger partial charge in [-0.05, 0) is 50.8 Å². The summed E-state index contributed by atoms with van der Waals surface area (Å²) in [6.45, 7) is 7.62. The topological polar surface area (TPSA) is 72.7 Å². The first-order valence-electron chi connectivity index (χ1n) is 8.99. The first-order chi connectivity index (χ1) is 12.1. The quantitative estimate of drug-likeness (QED) is 0.591. The van der Waals surface area contributed by atoms with Gasteiger partial charge in [-0.15, -0.1) is 0 Å². The molecule has 0 aromatic heterocycles. The van der Waals surface area contributed by atoms with Gasteiger partial charge in [0.05, 0.1) is 12.5 Å². The maximum absolute atomic E-state index is 13.7. The van der Waals surface area contributed by atoms with E-state index in [1.165, 1.54) is 17.0 Å². The van der Waals surface area contributed by atoms with E-state index >= 15 is 0 Å². The van der Waals surface area contributed by atoms with E-state index in [0.717, 1.165) is 6.42 Å². The van der Waals surface area contributed by atoms with E-state index in [2.05, 4.69) is 0 Å². The Balaban J connectivity index is 2.34. The molecule has 0 unspecified atom stereocenters. The van der Waals surface area contributed by atoms with Crippen LogP contribution in [0.25, 0.3) is 0 Å². The van der Waals surface area contributed by atoms with Crippen molar-refractivity contribution in [3.8, 4) is 0 Å². The molecule has 1 amide bonds. The molecule has 7 heteroatoms. The molecule has 0 spiro atoms. The summed E-state index contributed by atoms with van der Waals surface area (Å²) < 4.78 is 19.1. The van der Waals surface area contributed by atoms with Crippen LogP contribution in [0.5, 0.6) is 0 Å². The summed E-state index contributed by atoms with van der Waals surface area (Å²) in [5, 5.41) is 11.8. The number of carbonyl (C=O) groups is 1. The molecule has 1 saturated heterocycles. The molecule has 1 aliphatic rings. The highest BCUT2D eigenvalue weighted by molar-refractivity contribution is 5.68. The molecule has 0 saturated carbocycles. The van der Waals surface area contributed by atoms with E-state index in [4.69, 9.17) is 4.74 Å². The predicted molar refractivity (Wildman–Crippen MR) is 96.1 cm³/mol. The van der Waals surface area contributed by atoms with Crippen LogP contribution in [0.4, 0.5) is 9.18 Å². The third-order valence-corrected chi connectivity index (χ3v) is 4.60. The van der Waals surface area contributed by atoms with Gasteiger partial charge in [0.15, 0.2) is 0 Å². The van der Waals surface area contributed by atoms with E-state index in [1.807, 2.05) is 6.92 Å². The summed E-state index contributed by atoms with van der Waals surface area (Å²) >= 11 is 0. The minimum atomic E-state index is -0.991. The number of halogens is 1. The fourth-order valence-corrected chi connectivity index (χ4v) is 3.65. The van der Waals surface area contributed by atoms with Crippen molar-refractivity contribution >= 4 is 6.09 Å². The lowest BCUT2D eigenvalue weighted by Crippen LogP contribution is -2.54. The number of hydrogen-bond donors (Lipinski definition) is 0. The molecular weight excluding hydrogens is 339 g/mol. The highest BCUT2D eigenvalue weighted by Gasteiger charge is 2.46. The Bertz CT molecular complexity index is 659. The highest BCUT2D eigenvalue weighted by Crippen LogP contribution is 2.38. The van der Waals surface area contributed by atoms with Gasteiger partial charge in [-0.3, -0.25) is 10.1 Å². The lowest BCUT2D eigenvalue weighted by Gasteiger charge is -2.40. The molecule has 1 aliphatic heterocycles. The van der Waals surface area contributed by atoms with Crippen LogP contribution in [0.3, 0.4) is 0 Å². The molecule has 1 fully saturated rings. The largest absolute Gasteiger partial charge is 0.444 e. The van der Waals surface area contributed by atoms with Crippen LogP contribution in [-0.4, -0.2) is 40.6 Å². The molecule has 0 radical (unpaired) electrons. The Kier molecular flexibility index (Phi) is 6.21. The number of benzene rings is 1. The van der Waals surface area contributed by atoms with Crippen molar-refractivity contribution < 1.29 is 18.8 Å². The number of amides is 1. The molecular formula is C19H27FN2O4. The maximum atomic E-state index is 13.7. The highest BCUT2D eigenvalue weighted by atomic mass is 19.1. The van der Waals surface area contributed by atoms with Crippen molar-refractivity contribution in [3.63, 3.8) is 0 Å². The molecule has 1 aromatic carbocycles. The van der Waals surface area contributed by atoms with Crippen molar-refractivity contribution in [1.82, 2.24) is 4.90 Å². The monoisotopic (exact) mass is 366 g/mol. The number of hydrogen-bond acceptors (Lipinski definition) is 4. The van der Waals surface area contributed by atoms with Crippen LogP contribution < -0.4 is 0 Å². The molecule has 0 N–H and O–H groups in total. The third kappa shape index (κ3) is 4.93. The number of likely N-dealkylation sites (tertiary alicyclic amines) is 1. The van der Waals surface area contributed by atoms with Crippen LogP contribution in [0.2, 0.25) is 0 Å². The smallest absolute Gasteiger partial charge is 0.410 e. The molecule has 0 aliphatic carbocycles. The normalized spacial score (nSPS) is 23.6. The first kappa shape index (κ1) is 20.1. The summed E-state index contributed by atoms with van der Waals surface area (Å²) in [5.74, 6) is -0.966. The van der Waals surface area contributed by atoms with Gasteiger partial charge in [0.25, 0.3) is 0 Å². The van der Waals surface area contributed by atoms with Crippen LogP contribution in [0, 0.1) is 21.8 Å². The zero-order valence-electron chi connectivity index (χ0n) is 15.8. The SMILES string of the molecule is CCC[C@H]1CN(C(=O)OC(C)(C)C)C[C@@H]([N+](=O)[O-])[C@@H]1c1cccc(F)c1. The number of piperidine rings is 1. The molecule has 26 heavy (non-hydrogen) atoms. The average Bonchev–Trinajstić information content (AvgIpc) is 2.52. The summed E-state index contributed by atoms with van der Waals surface area (Å²) in [4.78, 5) is 25.3. The number of ether oxygens (including phenoxy) is 1. The molecule has 0 bridgehead atoms.